The predicted octanol–water partition coefficient (Wildman–Crippen LogP) is 4.56. The molecule has 1 amide bonds. The van der Waals surface area contributed by atoms with Crippen LogP contribution in [0.3, 0.4) is 0 Å². The molecular weight excluding hydrogens is 480 g/mol. The van der Waals surface area contributed by atoms with Crippen LogP contribution in [0.1, 0.15) is 101 Å². The van der Waals surface area contributed by atoms with Gasteiger partial charge in [0, 0.05) is 31.3 Å². The van der Waals surface area contributed by atoms with E-state index in [1.54, 1.807) is 7.11 Å². The minimum Gasteiger partial charge on any atom is -0.353 e. The lowest BCUT2D eigenvalue weighted by atomic mass is 9.89. The van der Waals surface area contributed by atoms with E-state index in [4.69, 9.17) is 9.47 Å². The van der Waals surface area contributed by atoms with Crippen LogP contribution in [0, 0.1) is 0 Å². The van der Waals surface area contributed by atoms with E-state index in [-0.39, 0.29) is 29.7 Å². The van der Waals surface area contributed by atoms with E-state index in [0.717, 1.165) is 18.4 Å². The first kappa shape index (κ1) is 26.0. The number of benzene rings is 1. The second kappa shape index (κ2) is 10.4. The van der Waals surface area contributed by atoms with Gasteiger partial charge in [0.2, 0.25) is 0 Å². The number of aromatic nitrogens is 2. The fraction of sp³-hybridized carbons (Fsp3) is 0.700. The van der Waals surface area contributed by atoms with Crippen molar-refractivity contribution in [1.82, 2.24) is 19.8 Å². The van der Waals surface area contributed by atoms with Crippen molar-refractivity contribution in [3.8, 4) is 0 Å². The molecule has 206 valence electrons. The summed E-state index contributed by atoms with van der Waals surface area (Å²) in [5.74, 6) is -0.459. The summed E-state index contributed by atoms with van der Waals surface area (Å²) in [7, 11) is 1.59. The number of methoxy groups -OCH3 is 1. The molecule has 1 saturated carbocycles. The molecule has 0 radical (unpaired) electrons. The highest BCUT2D eigenvalue weighted by atomic mass is 16.8. The smallest absolute Gasteiger partial charge is 0.282 e. The molecule has 4 fully saturated rings. The number of carbonyl (C=O) groups excluding carboxylic acids is 1. The maximum absolute atomic E-state index is 14.0. The first-order chi connectivity index (χ1) is 18.4. The van der Waals surface area contributed by atoms with Gasteiger partial charge >= 0.3 is 0 Å². The summed E-state index contributed by atoms with van der Waals surface area (Å²) in [6.07, 6.45) is 13.1. The molecule has 2 aromatic rings. The number of epoxide rings is 1. The van der Waals surface area contributed by atoms with Crippen LogP contribution >= 0.6 is 0 Å². The SMILES string of the molecule is COC1OC1C(C)(C)NC(=O)c1nc2ccccc2n(C2C[C@H]3CC[C@@H](C2)N3C2CCCCCCC2)c1=O. The van der Waals surface area contributed by atoms with Crippen LogP contribution in [-0.2, 0) is 9.47 Å². The first-order valence-corrected chi connectivity index (χ1v) is 14.7. The summed E-state index contributed by atoms with van der Waals surface area (Å²) in [6.45, 7) is 3.77. The Morgan fingerprint density at radius 2 is 1.63 bits per heavy atom. The largest absolute Gasteiger partial charge is 0.353 e. The van der Waals surface area contributed by atoms with Gasteiger partial charge in [0.15, 0.2) is 12.0 Å². The van der Waals surface area contributed by atoms with E-state index in [0.29, 0.717) is 23.6 Å². The average molecular weight is 523 g/mol. The normalized spacial score (nSPS) is 30.7. The van der Waals surface area contributed by atoms with Gasteiger partial charge in [0.05, 0.1) is 16.6 Å². The van der Waals surface area contributed by atoms with E-state index in [9.17, 15) is 9.59 Å². The van der Waals surface area contributed by atoms with Gasteiger partial charge in [-0.25, -0.2) is 4.98 Å². The van der Waals surface area contributed by atoms with Crippen LogP contribution in [0.15, 0.2) is 29.1 Å². The number of piperidine rings is 1. The highest BCUT2D eigenvalue weighted by molar-refractivity contribution is 5.94. The van der Waals surface area contributed by atoms with Crippen molar-refractivity contribution in [2.45, 2.75) is 127 Å². The van der Waals surface area contributed by atoms with Gasteiger partial charge in [-0.3, -0.25) is 14.5 Å². The van der Waals surface area contributed by atoms with Gasteiger partial charge in [-0.15, -0.1) is 0 Å². The molecule has 4 heterocycles. The van der Waals surface area contributed by atoms with Crippen molar-refractivity contribution >= 4 is 16.9 Å². The third-order valence-electron chi connectivity index (χ3n) is 9.47. The van der Waals surface area contributed by atoms with Crippen LogP contribution in [0.4, 0.5) is 0 Å². The van der Waals surface area contributed by atoms with Crippen molar-refractivity contribution in [3.63, 3.8) is 0 Å². The van der Waals surface area contributed by atoms with E-state index in [2.05, 4.69) is 15.2 Å². The van der Waals surface area contributed by atoms with Gasteiger partial charge in [0.1, 0.15) is 6.10 Å². The van der Waals surface area contributed by atoms with Crippen molar-refractivity contribution in [2.24, 2.45) is 0 Å². The van der Waals surface area contributed by atoms with Gasteiger partial charge < -0.3 is 19.4 Å². The number of para-hydroxylation sites is 2. The maximum Gasteiger partial charge on any atom is 0.282 e. The first-order valence-electron chi connectivity index (χ1n) is 14.7. The van der Waals surface area contributed by atoms with Crippen molar-refractivity contribution in [1.29, 1.82) is 0 Å². The third kappa shape index (κ3) is 4.80. The monoisotopic (exact) mass is 522 g/mol. The topological polar surface area (TPSA) is 89.0 Å². The minimum absolute atomic E-state index is 0.0406. The molecular formula is C30H42N4O4. The highest BCUT2D eigenvalue weighted by Gasteiger charge is 2.51. The Morgan fingerprint density at radius 3 is 2.29 bits per heavy atom. The van der Waals surface area contributed by atoms with Crippen molar-refractivity contribution in [3.05, 3.63) is 40.3 Å². The zero-order valence-corrected chi connectivity index (χ0v) is 23.0. The number of nitrogens with one attached hydrogen (secondary N) is 1. The lowest BCUT2D eigenvalue weighted by Crippen LogP contribution is -2.52. The van der Waals surface area contributed by atoms with Gasteiger partial charge in [0.25, 0.3) is 11.5 Å². The number of fused-ring (bicyclic) bond motifs is 3. The van der Waals surface area contributed by atoms with E-state index < -0.39 is 11.4 Å². The average Bonchev–Trinajstić information content (AvgIpc) is 3.63. The summed E-state index contributed by atoms with van der Waals surface area (Å²) >= 11 is 0. The zero-order valence-electron chi connectivity index (χ0n) is 23.0. The Hall–Kier alpha value is -2.29. The summed E-state index contributed by atoms with van der Waals surface area (Å²) in [4.78, 5) is 34.9. The molecule has 0 spiro atoms. The summed E-state index contributed by atoms with van der Waals surface area (Å²) in [5, 5.41) is 3.00. The van der Waals surface area contributed by atoms with Crippen LogP contribution in [-0.4, -0.2) is 63.5 Å². The molecule has 3 aliphatic heterocycles. The Balaban J connectivity index is 1.29. The lowest BCUT2D eigenvalue weighted by Gasteiger charge is -2.45. The molecule has 1 aromatic heterocycles. The van der Waals surface area contributed by atoms with Gasteiger partial charge in [-0.05, 0) is 64.5 Å². The Morgan fingerprint density at radius 1 is 0.974 bits per heavy atom. The second-order valence-electron chi connectivity index (χ2n) is 12.4. The Labute approximate surface area is 225 Å². The highest BCUT2D eigenvalue weighted by Crippen LogP contribution is 2.44. The quantitative estimate of drug-likeness (QED) is 0.560. The summed E-state index contributed by atoms with van der Waals surface area (Å²) in [5.41, 5.74) is 0.482. The molecule has 2 bridgehead atoms. The molecule has 5 atom stereocenters. The fourth-order valence-corrected chi connectivity index (χ4v) is 7.60. The molecule has 8 heteroatoms. The van der Waals surface area contributed by atoms with Gasteiger partial charge in [-0.2, -0.15) is 0 Å². The van der Waals surface area contributed by atoms with Crippen molar-refractivity contribution in [2.75, 3.05) is 7.11 Å². The van der Waals surface area contributed by atoms with Crippen LogP contribution in [0.25, 0.3) is 11.0 Å². The number of hydrogen-bond acceptors (Lipinski definition) is 6. The molecule has 1 N–H and O–H groups in total. The molecule has 3 unspecified atom stereocenters. The Bertz CT molecular complexity index is 1220. The molecule has 1 aliphatic carbocycles. The van der Waals surface area contributed by atoms with Crippen LogP contribution in [0.5, 0.6) is 0 Å². The number of rotatable bonds is 6. The zero-order chi connectivity index (χ0) is 26.4. The van der Waals surface area contributed by atoms with Crippen LogP contribution in [0.2, 0.25) is 0 Å². The van der Waals surface area contributed by atoms with Crippen LogP contribution < -0.4 is 10.9 Å². The number of hydrogen-bond donors (Lipinski definition) is 1. The molecule has 4 aliphatic rings. The summed E-state index contributed by atoms with van der Waals surface area (Å²) in [6, 6.07) is 9.52. The summed E-state index contributed by atoms with van der Waals surface area (Å²) < 4.78 is 12.7. The standard InChI is InChI=1S/C30H42N4O4/c1-30(2,26-29(37-3)38-26)32-27(35)25-28(36)34(24-14-10-9-13-23(24)31-25)22-17-20-15-16-21(18-22)33(20)19-11-7-5-4-6-8-12-19/h9-10,13-14,19-22,26,29H,4-8,11-12,15-18H2,1-3H3,(H,32,35)/t20-,21+,22?,26?,29?. The predicted molar refractivity (Wildman–Crippen MR) is 146 cm³/mol. The Kier molecular flexibility index (Phi) is 7.08. The molecule has 8 nitrogen and oxygen atoms in total. The number of ether oxygens (including phenoxy) is 2. The number of amides is 1. The lowest BCUT2D eigenvalue weighted by molar-refractivity contribution is 0.0496. The van der Waals surface area contributed by atoms with Crippen molar-refractivity contribution < 1.29 is 14.3 Å². The number of nitrogens with zero attached hydrogens (tertiary/aromatic N) is 3. The second-order valence-corrected chi connectivity index (χ2v) is 12.4. The molecule has 3 saturated heterocycles. The fourth-order valence-electron chi connectivity index (χ4n) is 7.60. The van der Waals surface area contributed by atoms with E-state index in [1.165, 1.54) is 57.8 Å². The van der Waals surface area contributed by atoms with E-state index in [1.807, 2.05) is 42.7 Å². The third-order valence-corrected chi connectivity index (χ3v) is 9.47. The molecule has 6 rings (SSSR count). The molecule has 1 aromatic carbocycles. The number of carbonyl (C=O) groups is 1. The molecule has 38 heavy (non-hydrogen) atoms. The van der Waals surface area contributed by atoms with Gasteiger partial charge in [-0.1, -0.05) is 44.2 Å². The maximum atomic E-state index is 14.0. The van der Waals surface area contributed by atoms with E-state index >= 15 is 0 Å². The minimum atomic E-state index is -0.690.